The highest BCUT2D eigenvalue weighted by Crippen LogP contribution is 2.27. The van der Waals surface area contributed by atoms with Crippen LogP contribution in [0.2, 0.25) is 0 Å². The van der Waals surface area contributed by atoms with E-state index < -0.39 is 17.6 Å². The average Bonchev–Trinajstić information content (AvgIpc) is 3.06. The van der Waals surface area contributed by atoms with Crippen LogP contribution in [0.5, 0.6) is 0 Å². The molecular weight excluding hydrogens is 393 g/mol. The van der Waals surface area contributed by atoms with Crippen LogP contribution < -0.4 is 16.4 Å². The normalized spacial score (nSPS) is 10.4. The molecule has 0 aliphatic heterocycles. The fourth-order valence-corrected chi connectivity index (χ4v) is 3.66. The van der Waals surface area contributed by atoms with Crippen LogP contribution >= 0.6 is 11.3 Å². The number of anilines is 1. The van der Waals surface area contributed by atoms with Crippen molar-refractivity contribution < 1.29 is 18.8 Å². The summed E-state index contributed by atoms with van der Waals surface area (Å²) in [5.74, 6) is -1.80. The van der Waals surface area contributed by atoms with Crippen molar-refractivity contribution in [3.63, 3.8) is 0 Å². The maximum Gasteiger partial charge on any atom is 0.261 e. The first kappa shape index (κ1) is 20.2. The second kappa shape index (κ2) is 8.66. The van der Waals surface area contributed by atoms with Crippen molar-refractivity contribution in [1.82, 2.24) is 5.32 Å². The molecule has 0 bridgehead atoms. The van der Waals surface area contributed by atoms with Crippen LogP contribution in [0.3, 0.4) is 0 Å². The van der Waals surface area contributed by atoms with E-state index >= 15 is 0 Å². The van der Waals surface area contributed by atoms with Crippen molar-refractivity contribution in [1.29, 1.82) is 0 Å². The van der Waals surface area contributed by atoms with Crippen LogP contribution in [-0.2, 0) is 6.54 Å². The molecule has 0 fully saturated rings. The van der Waals surface area contributed by atoms with Gasteiger partial charge in [0, 0.05) is 17.7 Å². The molecular formula is C21H18FN3O3S. The summed E-state index contributed by atoms with van der Waals surface area (Å²) >= 11 is 1.13. The van der Waals surface area contributed by atoms with Gasteiger partial charge in [0.15, 0.2) is 0 Å². The summed E-state index contributed by atoms with van der Waals surface area (Å²) in [6.45, 7) is 1.99. The lowest BCUT2D eigenvalue weighted by molar-refractivity contribution is 0.0953. The van der Waals surface area contributed by atoms with E-state index in [0.29, 0.717) is 21.0 Å². The quantitative estimate of drug-likeness (QED) is 0.579. The zero-order chi connectivity index (χ0) is 21.0. The van der Waals surface area contributed by atoms with Crippen LogP contribution in [0.15, 0.2) is 54.6 Å². The molecule has 1 heterocycles. The molecule has 0 aliphatic carbocycles. The lowest BCUT2D eigenvalue weighted by Gasteiger charge is -2.06. The van der Waals surface area contributed by atoms with E-state index in [-0.39, 0.29) is 18.0 Å². The number of carbonyl (C=O) groups is 3. The molecule has 0 radical (unpaired) electrons. The van der Waals surface area contributed by atoms with Gasteiger partial charge in [0.1, 0.15) is 5.82 Å². The van der Waals surface area contributed by atoms with Crippen molar-refractivity contribution in [3.8, 4) is 0 Å². The molecule has 0 aliphatic rings. The highest BCUT2D eigenvalue weighted by Gasteiger charge is 2.16. The Morgan fingerprint density at radius 3 is 2.45 bits per heavy atom. The van der Waals surface area contributed by atoms with Gasteiger partial charge in [-0.05, 0) is 54.4 Å². The minimum atomic E-state index is -0.536. The zero-order valence-corrected chi connectivity index (χ0v) is 16.3. The highest BCUT2D eigenvalue weighted by atomic mass is 32.1. The number of primary amides is 1. The topological polar surface area (TPSA) is 101 Å². The van der Waals surface area contributed by atoms with Crippen molar-refractivity contribution in [2.24, 2.45) is 5.73 Å². The number of benzene rings is 2. The first-order chi connectivity index (χ1) is 13.8. The molecule has 1 aromatic heterocycles. The Balaban J connectivity index is 1.66. The first-order valence-corrected chi connectivity index (χ1v) is 9.49. The van der Waals surface area contributed by atoms with E-state index in [4.69, 9.17) is 5.73 Å². The Morgan fingerprint density at radius 1 is 1.00 bits per heavy atom. The Labute approximate surface area is 170 Å². The number of amides is 3. The van der Waals surface area contributed by atoms with Gasteiger partial charge < -0.3 is 16.4 Å². The van der Waals surface area contributed by atoms with Gasteiger partial charge in [-0.2, -0.15) is 0 Å². The van der Waals surface area contributed by atoms with Crippen molar-refractivity contribution in [2.45, 2.75) is 13.5 Å². The molecule has 0 saturated carbocycles. The van der Waals surface area contributed by atoms with Crippen molar-refractivity contribution >= 4 is 34.1 Å². The van der Waals surface area contributed by atoms with Gasteiger partial charge in [-0.1, -0.05) is 18.2 Å². The number of carbonyl (C=O) groups excluding carboxylic acids is 3. The summed E-state index contributed by atoms with van der Waals surface area (Å²) in [4.78, 5) is 36.5. The maximum atomic E-state index is 13.3. The second-order valence-corrected chi connectivity index (χ2v) is 7.39. The fourth-order valence-electron chi connectivity index (χ4n) is 2.68. The van der Waals surface area contributed by atoms with Gasteiger partial charge in [0.05, 0.1) is 9.88 Å². The predicted molar refractivity (Wildman–Crippen MR) is 110 cm³/mol. The van der Waals surface area contributed by atoms with Crippen LogP contribution in [0.1, 0.15) is 41.5 Å². The minimum Gasteiger partial charge on any atom is -0.366 e. The molecule has 3 rings (SSSR count). The van der Waals surface area contributed by atoms with Gasteiger partial charge in [-0.25, -0.2) is 4.39 Å². The lowest BCUT2D eigenvalue weighted by atomic mass is 10.1. The lowest BCUT2D eigenvalue weighted by Crippen LogP contribution is -2.22. The molecule has 6 nitrogen and oxygen atoms in total. The Kier molecular flexibility index (Phi) is 6.04. The molecule has 0 spiro atoms. The molecule has 3 amide bonds. The van der Waals surface area contributed by atoms with E-state index in [0.717, 1.165) is 23.0 Å². The minimum absolute atomic E-state index is 0.191. The second-order valence-electron chi connectivity index (χ2n) is 6.33. The average molecular weight is 411 g/mol. The molecule has 148 valence electrons. The number of thiophene rings is 1. The Morgan fingerprint density at radius 2 is 1.72 bits per heavy atom. The maximum absolute atomic E-state index is 13.3. The number of rotatable bonds is 6. The SMILES string of the molecule is Cc1cc(NC(=O)c2cccc(F)c2)sc1C(=O)NCc1cccc(C(N)=O)c1. The van der Waals surface area contributed by atoms with Gasteiger partial charge in [0.25, 0.3) is 11.8 Å². The number of nitrogens with one attached hydrogen (secondary N) is 2. The zero-order valence-electron chi connectivity index (χ0n) is 15.5. The number of hydrogen-bond donors (Lipinski definition) is 3. The summed E-state index contributed by atoms with van der Waals surface area (Å²) in [6.07, 6.45) is 0. The number of halogens is 1. The van der Waals surface area contributed by atoms with Crippen LogP contribution in [0.25, 0.3) is 0 Å². The van der Waals surface area contributed by atoms with Crippen LogP contribution in [0.4, 0.5) is 9.39 Å². The monoisotopic (exact) mass is 411 g/mol. The molecule has 29 heavy (non-hydrogen) atoms. The molecule has 4 N–H and O–H groups in total. The molecule has 2 aromatic carbocycles. The van der Waals surface area contributed by atoms with Crippen molar-refractivity contribution in [3.05, 3.63) is 87.5 Å². The summed E-state index contributed by atoms with van der Waals surface area (Å²) in [7, 11) is 0. The predicted octanol–water partition coefficient (Wildman–Crippen LogP) is 3.48. The van der Waals surface area contributed by atoms with Crippen LogP contribution in [-0.4, -0.2) is 17.7 Å². The standard InChI is InChI=1S/C21H18FN3O3S/c1-12-8-17(25-20(27)15-6-3-7-16(22)10-15)29-18(12)21(28)24-11-13-4-2-5-14(9-13)19(23)26/h2-10H,11H2,1H3,(H2,23,26)(H,24,28)(H,25,27). The molecule has 0 atom stereocenters. The molecule has 8 heteroatoms. The third kappa shape index (κ3) is 5.05. The Hall–Kier alpha value is -3.52. The van der Waals surface area contributed by atoms with Gasteiger partial charge in [-0.15, -0.1) is 11.3 Å². The van der Waals surface area contributed by atoms with E-state index in [1.54, 1.807) is 37.3 Å². The van der Waals surface area contributed by atoms with Crippen LogP contribution in [0, 0.1) is 12.7 Å². The molecule has 0 saturated heterocycles. The van der Waals surface area contributed by atoms with E-state index in [2.05, 4.69) is 10.6 Å². The van der Waals surface area contributed by atoms with E-state index in [1.165, 1.54) is 18.2 Å². The molecule has 0 unspecified atom stereocenters. The summed E-state index contributed by atoms with van der Waals surface area (Å²) in [6, 6.07) is 13.7. The fraction of sp³-hybridized carbons (Fsp3) is 0.0952. The summed E-state index contributed by atoms with van der Waals surface area (Å²) < 4.78 is 13.3. The first-order valence-electron chi connectivity index (χ1n) is 8.68. The summed E-state index contributed by atoms with van der Waals surface area (Å²) in [5, 5.41) is 5.95. The third-order valence-electron chi connectivity index (χ3n) is 4.11. The van der Waals surface area contributed by atoms with Gasteiger partial charge in [0.2, 0.25) is 5.91 Å². The largest absolute Gasteiger partial charge is 0.366 e. The van der Waals surface area contributed by atoms with Gasteiger partial charge >= 0.3 is 0 Å². The number of aryl methyl sites for hydroxylation is 1. The smallest absolute Gasteiger partial charge is 0.261 e. The summed E-state index contributed by atoms with van der Waals surface area (Å²) in [5.41, 5.74) is 7.26. The number of nitrogens with two attached hydrogens (primary N) is 1. The molecule has 3 aromatic rings. The van der Waals surface area contributed by atoms with Crippen molar-refractivity contribution in [2.75, 3.05) is 5.32 Å². The Bertz CT molecular complexity index is 1090. The van der Waals surface area contributed by atoms with Gasteiger partial charge in [-0.3, -0.25) is 14.4 Å². The highest BCUT2D eigenvalue weighted by molar-refractivity contribution is 7.18. The van der Waals surface area contributed by atoms with E-state index in [1.807, 2.05) is 0 Å². The third-order valence-corrected chi connectivity index (χ3v) is 5.26. The number of hydrogen-bond acceptors (Lipinski definition) is 4. The van der Waals surface area contributed by atoms with E-state index in [9.17, 15) is 18.8 Å².